The fraction of sp³-hybridized carbons (Fsp3) is 0.0843. The Morgan fingerprint density at radius 2 is 0.818 bits per heavy atom. The lowest BCUT2D eigenvalue weighted by atomic mass is 10.1. The number of nitrogens with zero attached hydrogens (tertiary/aromatic N) is 9. The largest absolute Gasteiger partial charge is 0.399 e. The maximum Gasteiger partial charge on any atom is 0.387 e. The number of hydrogen-bond acceptors (Lipinski definition) is 25. The van der Waals surface area contributed by atoms with E-state index in [9.17, 15) is 67.9 Å². The van der Waals surface area contributed by atoms with Crippen LogP contribution in [0.15, 0.2) is 300 Å². The molecule has 32 nitrogen and oxygen atoms in total. The number of benzene rings is 8. The van der Waals surface area contributed by atoms with Gasteiger partial charge in [-0.1, -0.05) is 101 Å². The van der Waals surface area contributed by atoms with Crippen LogP contribution in [0.3, 0.4) is 0 Å². The van der Waals surface area contributed by atoms with Crippen molar-refractivity contribution in [3.05, 3.63) is 357 Å². The van der Waals surface area contributed by atoms with Gasteiger partial charge in [-0.15, -0.1) is 0 Å². The average molecular weight is 1740 g/mol. The van der Waals surface area contributed by atoms with Crippen LogP contribution in [0, 0.1) is 60.8 Å². The minimum atomic E-state index is -3.78. The van der Waals surface area contributed by atoms with Crippen LogP contribution in [0.5, 0.6) is 0 Å². The summed E-state index contributed by atoms with van der Waals surface area (Å²) in [7, 11) is -14.4. The molecule has 0 fully saturated rings. The van der Waals surface area contributed by atoms with Crippen molar-refractivity contribution < 1.29 is 57.5 Å². The van der Waals surface area contributed by atoms with Crippen LogP contribution in [0.25, 0.3) is 28.2 Å². The Bertz CT molecular complexity index is 6330. The molecule has 0 aliphatic carbocycles. The van der Waals surface area contributed by atoms with E-state index in [0.29, 0.717) is 28.6 Å². The molecule has 14 aromatic rings. The van der Waals surface area contributed by atoms with Crippen molar-refractivity contribution in [2.75, 3.05) is 33.7 Å². The number of carbonyl (C=O) groups excluding carboxylic acids is 2. The van der Waals surface area contributed by atoms with Crippen molar-refractivity contribution >= 4 is 131 Å². The Morgan fingerprint density at radius 1 is 0.446 bits per heavy atom. The lowest BCUT2D eigenvalue weighted by Crippen LogP contribution is -2.13. The van der Waals surface area contributed by atoms with Gasteiger partial charge in [-0.05, 0) is 232 Å². The molecule has 0 aliphatic rings. The molecule has 0 unspecified atom stereocenters. The molecule has 8 aromatic carbocycles. The number of primary sulfonamides is 4. The molecule has 0 bridgehead atoms. The van der Waals surface area contributed by atoms with Gasteiger partial charge >= 0.3 is 11.5 Å². The number of rotatable bonds is 17. The number of sulfonamides is 4. The number of halogens is 2. The van der Waals surface area contributed by atoms with E-state index in [1.165, 1.54) is 84.1 Å². The first-order valence-corrected chi connectivity index (χ1v) is 42.4. The van der Waals surface area contributed by atoms with Crippen molar-refractivity contribution in [1.29, 1.82) is 0 Å². The third kappa shape index (κ3) is 31.4. The average Bonchev–Trinajstić information content (AvgIpc) is 1.63. The second kappa shape index (κ2) is 44.0. The van der Waals surface area contributed by atoms with E-state index in [1.54, 1.807) is 48.9 Å². The van der Waals surface area contributed by atoms with Gasteiger partial charge in [0.25, 0.3) is 11.2 Å². The van der Waals surface area contributed by atoms with Gasteiger partial charge < -0.3 is 37.5 Å². The number of hydrogen-bond donors (Lipinski definition) is 9. The SMILES string of the molecule is CS(N)(=O)=O.Cc1ccc(-n2c(-c3ccc(S(N)(=O)=O)cc3)nc3cccnc32)cc1.Cc1ccc(N)cc1.Cc1ccc(Nc2cccnc2CC(=O)c2ccc(S(N)(=O)=O)cc2)cc1.Cc1ccc(Nc2cccnc2N)cc1.Cc1ccc(Nc2cccnc2[N+](=O)[O-])cc1.NS(=O)(=O)c1ccc(C(=O)Cl)cc1.O=[N+]([O-])c1cccnc1F. The highest BCUT2D eigenvalue weighted by molar-refractivity contribution is 7.89. The zero-order valence-electron chi connectivity index (χ0n) is 65.4. The second-order valence-corrected chi connectivity index (χ2v) is 32.6. The maximum absolute atomic E-state index is 12.6. The fourth-order valence-corrected chi connectivity index (χ4v) is 11.7. The predicted molar refractivity (Wildman–Crippen MR) is 467 cm³/mol. The number of fused-ring (bicyclic) bond motifs is 1. The first kappa shape index (κ1) is 94.1. The van der Waals surface area contributed by atoms with E-state index in [0.717, 1.165) is 91.7 Å². The minimum Gasteiger partial charge on any atom is -0.399 e. The third-order valence-corrected chi connectivity index (χ3v) is 19.1. The van der Waals surface area contributed by atoms with Crippen LogP contribution >= 0.6 is 11.6 Å². The molecule has 0 radical (unpaired) electrons. The van der Waals surface area contributed by atoms with E-state index in [1.807, 2.05) is 172 Å². The highest BCUT2D eigenvalue weighted by Crippen LogP contribution is 2.30. The number of ketones is 1. The molecular weight excluding hydrogens is 1660 g/mol. The lowest BCUT2D eigenvalue weighted by molar-refractivity contribution is -0.388. The topological polar surface area (TPSA) is 531 Å². The number of nitrogens with two attached hydrogens (primary N) is 6. The Hall–Kier alpha value is -14.0. The second-order valence-electron chi connectivity index (χ2n) is 25.9. The molecule has 15 N–H and O–H groups in total. The van der Waals surface area contributed by atoms with Gasteiger partial charge in [0, 0.05) is 76.0 Å². The van der Waals surface area contributed by atoms with Crippen LogP contribution in [0.4, 0.5) is 61.5 Å². The molecule has 38 heteroatoms. The summed E-state index contributed by atoms with van der Waals surface area (Å²) in [6, 6.07) is 73.3. The molecule has 121 heavy (non-hydrogen) atoms. The third-order valence-electron chi connectivity index (χ3n) is 16.1. The standard InChI is InChI=1S/C20H19N3O3S.C19H16N4O2S.C12H11N3O2.C12H13N3.C7H6ClNO3S.C7H9N.C5H3FN2O2.CH5NO2S/c1-14-4-8-16(9-5-14)23-18-3-2-12-22-19(18)13-20(24)15-6-10-17(11-7-15)27(21,25)26;1-13-4-8-15(9-5-13)23-18(22-17-3-2-12-21-19(17)23)14-6-10-16(11-7-14)26(20,24)25;1-9-4-6-10(7-5-9)14-11-3-2-8-13-12(11)15(16)17;1-9-4-6-10(7-5-9)15-11-3-2-8-14-12(11)13;8-7(10)5-1-3-6(4-2-5)13(9,11)12;1-6-2-4-7(8)5-3-6;6-5-4(8(9)10)2-1-3-7-5;1-5(2,3)4/h2-12,23H,13H2,1H3,(H2,21,25,26);2-12H,1H3,(H2,20,24,25);2-8,14H,1H3;2-8,15H,1H3,(H2,13,14);1-4H,(H2,9,11,12);2-5H,8H2,1H3;1-3H;1H3,(H2,2,3,4). The van der Waals surface area contributed by atoms with Crippen molar-refractivity contribution in [3.63, 3.8) is 0 Å². The quantitative estimate of drug-likeness (QED) is 0.0102. The number of carbonyl (C=O) groups is 2. The summed E-state index contributed by atoms with van der Waals surface area (Å²) < 4.78 is 100. The van der Waals surface area contributed by atoms with E-state index in [2.05, 4.69) is 65.1 Å². The number of nitrogen functional groups attached to an aromatic ring is 2. The Balaban J connectivity index is 0.000000199. The number of aryl methyl sites for hydroxylation is 5. The van der Waals surface area contributed by atoms with Crippen LogP contribution in [0.1, 0.15) is 54.2 Å². The molecule has 0 atom stereocenters. The Morgan fingerprint density at radius 3 is 1.24 bits per heavy atom. The summed E-state index contributed by atoms with van der Waals surface area (Å²) in [5.74, 6) is -0.191. The first-order valence-electron chi connectivity index (χ1n) is 35.4. The molecule has 0 spiro atoms. The number of nitro groups is 2. The van der Waals surface area contributed by atoms with E-state index in [-0.39, 0.29) is 38.3 Å². The summed E-state index contributed by atoms with van der Waals surface area (Å²) in [5, 5.41) is 49.0. The van der Waals surface area contributed by atoms with Gasteiger partial charge in [-0.25, -0.2) is 74.2 Å². The molecular formula is C83H82ClFN18O14S4. The number of anilines is 8. The molecule has 0 saturated carbocycles. The normalized spacial score (nSPS) is 10.7. The zero-order valence-corrected chi connectivity index (χ0v) is 69.5. The highest BCUT2D eigenvalue weighted by atomic mass is 35.5. The Labute approximate surface area is 702 Å². The summed E-state index contributed by atoms with van der Waals surface area (Å²) in [6.07, 6.45) is 8.61. The van der Waals surface area contributed by atoms with E-state index >= 15 is 0 Å². The molecule has 0 aliphatic heterocycles. The molecule has 626 valence electrons. The predicted octanol–water partition coefficient (Wildman–Crippen LogP) is 14.3. The first-order chi connectivity index (χ1) is 57.1. The lowest BCUT2D eigenvalue weighted by Gasteiger charge is -2.11. The summed E-state index contributed by atoms with van der Waals surface area (Å²) in [6.45, 7) is 10.1. The van der Waals surface area contributed by atoms with Crippen molar-refractivity contribution in [3.8, 4) is 17.1 Å². The number of Topliss-reactive ketones (excluding diaryl/α,β-unsaturated/α-hetero) is 1. The number of imidazole rings is 1. The number of pyridine rings is 5. The minimum absolute atomic E-state index is 0.0291. The number of aromatic nitrogens is 7. The van der Waals surface area contributed by atoms with E-state index < -0.39 is 66.8 Å². The molecule has 14 rings (SSSR count). The summed E-state index contributed by atoms with van der Waals surface area (Å²) >= 11 is 5.15. The van der Waals surface area contributed by atoms with Crippen molar-refractivity contribution in [1.82, 2.24) is 34.5 Å². The van der Waals surface area contributed by atoms with Gasteiger partial charge in [-0.3, -0.25) is 29.3 Å². The Kier molecular flexibility index (Phi) is 34.2. The monoisotopic (exact) mass is 1740 g/mol. The highest BCUT2D eigenvalue weighted by Gasteiger charge is 2.20. The maximum atomic E-state index is 12.6. The summed E-state index contributed by atoms with van der Waals surface area (Å²) in [4.78, 5) is 66.9. The fourth-order valence-electron chi connectivity index (χ4n) is 10.0. The molecule has 0 amide bonds. The van der Waals surface area contributed by atoms with Gasteiger partial charge in [0.15, 0.2) is 11.4 Å². The van der Waals surface area contributed by atoms with Crippen LogP contribution in [-0.4, -0.2) is 95.3 Å². The van der Waals surface area contributed by atoms with Gasteiger partial charge in [0.05, 0.1) is 49.4 Å². The van der Waals surface area contributed by atoms with Crippen LogP contribution < -0.4 is 48.0 Å². The zero-order chi connectivity index (χ0) is 88.8. The van der Waals surface area contributed by atoms with Gasteiger partial charge in [0.1, 0.15) is 29.0 Å². The van der Waals surface area contributed by atoms with Crippen LogP contribution in [0.2, 0.25) is 0 Å². The van der Waals surface area contributed by atoms with Crippen LogP contribution in [-0.2, 0) is 46.5 Å². The molecule has 0 saturated heterocycles. The molecule has 6 aromatic heterocycles. The number of nitrogens with one attached hydrogen (secondary N) is 3. The van der Waals surface area contributed by atoms with Crippen molar-refractivity contribution in [2.24, 2.45) is 20.6 Å². The van der Waals surface area contributed by atoms with E-state index in [4.69, 9.17) is 43.5 Å². The molecule has 6 heterocycles. The smallest absolute Gasteiger partial charge is 0.387 e. The van der Waals surface area contributed by atoms with Gasteiger partial charge in [0.2, 0.25) is 40.1 Å². The van der Waals surface area contributed by atoms with Crippen molar-refractivity contribution in [2.45, 2.75) is 55.7 Å². The summed E-state index contributed by atoms with van der Waals surface area (Å²) in [5.41, 5.74) is 26.5. The van der Waals surface area contributed by atoms with Gasteiger partial charge in [-0.2, -0.15) is 4.39 Å².